The molecule has 0 unspecified atom stereocenters. The van der Waals surface area contributed by atoms with Crippen LogP contribution in [0, 0.1) is 0 Å². The molecule has 2 aliphatic rings. The molecule has 1 aliphatic heterocycles. The topological polar surface area (TPSA) is 82.6 Å². The van der Waals surface area contributed by atoms with Crippen molar-refractivity contribution in [2.45, 2.75) is 45.1 Å². The number of sulfonamides is 1. The Kier molecular flexibility index (Phi) is 6.13. The first-order chi connectivity index (χ1) is 12.5. The fourth-order valence-electron chi connectivity index (χ4n) is 3.70. The highest BCUT2D eigenvalue weighted by atomic mass is 32.2. The van der Waals surface area contributed by atoms with E-state index in [1.807, 2.05) is 4.90 Å². The van der Waals surface area contributed by atoms with E-state index in [9.17, 15) is 13.2 Å². The zero-order valence-electron chi connectivity index (χ0n) is 15.4. The van der Waals surface area contributed by atoms with Crippen LogP contribution in [-0.4, -0.2) is 61.6 Å². The van der Waals surface area contributed by atoms with Gasteiger partial charge < -0.3 is 10.2 Å². The van der Waals surface area contributed by atoms with E-state index < -0.39 is 10.0 Å². The Labute approximate surface area is 155 Å². The van der Waals surface area contributed by atoms with Gasteiger partial charge in [-0.3, -0.25) is 4.79 Å². The van der Waals surface area contributed by atoms with Gasteiger partial charge in [0.1, 0.15) is 5.82 Å². The van der Waals surface area contributed by atoms with Crippen LogP contribution in [-0.2, 0) is 10.0 Å². The summed E-state index contributed by atoms with van der Waals surface area (Å²) in [5, 5.41) is 3.14. The minimum absolute atomic E-state index is 0.0800. The van der Waals surface area contributed by atoms with Crippen LogP contribution in [0.5, 0.6) is 0 Å². The van der Waals surface area contributed by atoms with Gasteiger partial charge in [-0.15, -0.1) is 0 Å². The molecule has 1 aromatic heterocycles. The Hall–Kier alpha value is -1.67. The molecule has 26 heavy (non-hydrogen) atoms. The van der Waals surface area contributed by atoms with Crippen molar-refractivity contribution in [1.29, 1.82) is 0 Å². The van der Waals surface area contributed by atoms with Gasteiger partial charge in [0.25, 0.3) is 5.91 Å². The Morgan fingerprint density at radius 1 is 1.19 bits per heavy atom. The highest BCUT2D eigenvalue weighted by Gasteiger charge is 2.28. The lowest BCUT2D eigenvalue weighted by molar-refractivity contribution is 0.0927. The normalized spacial score (nSPS) is 20.1. The summed E-state index contributed by atoms with van der Waals surface area (Å²) in [6.07, 6.45) is 7.33. The van der Waals surface area contributed by atoms with Crippen molar-refractivity contribution in [3.63, 3.8) is 0 Å². The lowest BCUT2D eigenvalue weighted by Gasteiger charge is -2.35. The van der Waals surface area contributed by atoms with Crippen LogP contribution >= 0.6 is 0 Å². The molecule has 144 valence electrons. The van der Waals surface area contributed by atoms with Gasteiger partial charge in [0.15, 0.2) is 0 Å². The average Bonchev–Trinajstić information content (AvgIpc) is 2.69. The predicted octanol–water partition coefficient (Wildman–Crippen LogP) is 1.62. The second kappa shape index (κ2) is 8.35. The maximum absolute atomic E-state index is 12.8. The molecule has 0 spiro atoms. The third kappa shape index (κ3) is 4.35. The molecule has 1 N–H and O–H groups in total. The van der Waals surface area contributed by atoms with Crippen molar-refractivity contribution in [1.82, 2.24) is 14.6 Å². The largest absolute Gasteiger partial charge is 0.353 e. The zero-order chi connectivity index (χ0) is 18.6. The Bertz CT molecular complexity index is 724. The van der Waals surface area contributed by atoms with Gasteiger partial charge in [0, 0.05) is 38.4 Å². The Morgan fingerprint density at radius 3 is 2.54 bits per heavy atom. The molecule has 7 nitrogen and oxygen atoms in total. The van der Waals surface area contributed by atoms with Crippen molar-refractivity contribution < 1.29 is 13.2 Å². The SMILES string of the molecule is CCS(=O)(=O)N1CCN(c2ncccc2C(=O)NC2CCCCC2)CC1. The van der Waals surface area contributed by atoms with Crippen LogP contribution in [0.1, 0.15) is 49.4 Å². The van der Waals surface area contributed by atoms with Crippen molar-refractivity contribution in [2.24, 2.45) is 0 Å². The third-order valence-electron chi connectivity index (χ3n) is 5.27. The van der Waals surface area contributed by atoms with Crippen LogP contribution in [0.25, 0.3) is 0 Å². The molecule has 1 aromatic rings. The molecule has 1 aliphatic carbocycles. The summed E-state index contributed by atoms with van der Waals surface area (Å²) in [7, 11) is -3.17. The second-order valence-corrected chi connectivity index (χ2v) is 9.23. The highest BCUT2D eigenvalue weighted by Crippen LogP contribution is 2.22. The van der Waals surface area contributed by atoms with Crippen LogP contribution < -0.4 is 10.2 Å². The summed E-state index contributed by atoms with van der Waals surface area (Å²) >= 11 is 0. The first-order valence-electron chi connectivity index (χ1n) is 9.50. The van der Waals surface area contributed by atoms with E-state index in [-0.39, 0.29) is 17.7 Å². The number of pyridine rings is 1. The monoisotopic (exact) mass is 380 g/mol. The number of nitrogens with zero attached hydrogens (tertiary/aromatic N) is 3. The summed E-state index contributed by atoms with van der Waals surface area (Å²) in [6, 6.07) is 3.82. The molecule has 8 heteroatoms. The molecule has 3 rings (SSSR count). The summed E-state index contributed by atoms with van der Waals surface area (Å²) in [4.78, 5) is 19.2. The molecular formula is C18H28N4O3S. The first kappa shape index (κ1) is 19.1. The van der Waals surface area contributed by atoms with Gasteiger partial charge in [0.2, 0.25) is 10.0 Å². The van der Waals surface area contributed by atoms with Gasteiger partial charge in [-0.1, -0.05) is 19.3 Å². The molecule has 2 fully saturated rings. The van der Waals surface area contributed by atoms with E-state index in [0.29, 0.717) is 37.6 Å². The lowest BCUT2D eigenvalue weighted by atomic mass is 9.95. The van der Waals surface area contributed by atoms with E-state index in [4.69, 9.17) is 0 Å². The molecule has 1 amide bonds. The molecule has 0 bridgehead atoms. The molecule has 0 atom stereocenters. The second-order valence-electron chi connectivity index (χ2n) is 6.97. The fraction of sp³-hybridized carbons (Fsp3) is 0.667. The zero-order valence-corrected chi connectivity index (χ0v) is 16.2. The number of anilines is 1. The Morgan fingerprint density at radius 2 is 1.88 bits per heavy atom. The Balaban J connectivity index is 1.68. The van der Waals surface area contributed by atoms with Crippen molar-refractivity contribution in [3.05, 3.63) is 23.9 Å². The molecule has 2 heterocycles. The van der Waals surface area contributed by atoms with E-state index in [1.54, 1.807) is 25.3 Å². The van der Waals surface area contributed by atoms with Crippen LogP contribution in [0.2, 0.25) is 0 Å². The lowest BCUT2D eigenvalue weighted by Crippen LogP contribution is -2.50. The number of hydrogen-bond acceptors (Lipinski definition) is 5. The minimum atomic E-state index is -3.17. The van der Waals surface area contributed by atoms with E-state index in [1.165, 1.54) is 23.6 Å². The number of piperazine rings is 1. The van der Waals surface area contributed by atoms with E-state index in [0.717, 1.165) is 12.8 Å². The van der Waals surface area contributed by atoms with E-state index in [2.05, 4.69) is 10.3 Å². The number of amides is 1. The number of aromatic nitrogens is 1. The van der Waals surface area contributed by atoms with Gasteiger partial charge >= 0.3 is 0 Å². The summed E-state index contributed by atoms with van der Waals surface area (Å²) < 4.78 is 25.6. The molecular weight excluding hydrogens is 352 g/mol. The maximum Gasteiger partial charge on any atom is 0.255 e. The first-order valence-corrected chi connectivity index (χ1v) is 11.1. The number of rotatable bonds is 5. The minimum Gasteiger partial charge on any atom is -0.353 e. The molecule has 1 saturated carbocycles. The third-order valence-corrected chi connectivity index (χ3v) is 7.15. The fourth-order valence-corrected chi connectivity index (χ4v) is 4.78. The number of carbonyl (C=O) groups excluding carboxylic acids is 1. The van der Waals surface area contributed by atoms with Crippen molar-refractivity contribution in [2.75, 3.05) is 36.8 Å². The standard InChI is InChI=1S/C18H28N4O3S/c1-2-26(24,25)22-13-11-21(12-14-22)17-16(9-6-10-19-17)18(23)20-15-7-4-3-5-8-15/h6,9-10,15H,2-5,7-8,11-14H2,1H3,(H,20,23). The number of hydrogen-bond donors (Lipinski definition) is 1. The molecule has 1 saturated heterocycles. The van der Waals surface area contributed by atoms with Crippen molar-refractivity contribution >= 4 is 21.7 Å². The van der Waals surface area contributed by atoms with Gasteiger partial charge in [0.05, 0.1) is 11.3 Å². The van der Waals surface area contributed by atoms with Gasteiger partial charge in [-0.05, 0) is 31.9 Å². The quantitative estimate of drug-likeness (QED) is 0.839. The van der Waals surface area contributed by atoms with Gasteiger partial charge in [-0.25, -0.2) is 13.4 Å². The highest BCUT2D eigenvalue weighted by molar-refractivity contribution is 7.89. The predicted molar refractivity (Wildman–Crippen MR) is 102 cm³/mol. The summed E-state index contributed by atoms with van der Waals surface area (Å²) in [6.45, 7) is 3.60. The smallest absolute Gasteiger partial charge is 0.255 e. The average molecular weight is 381 g/mol. The summed E-state index contributed by atoms with van der Waals surface area (Å²) in [5.74, 6) is 0.684. The van der Waals surface area contributed by atoms with Crippen LogP contribution in [0.15, 0.2) is 18.3 Å². The van der Waals surface area contributed by atoms with E-state index >= 15 is 0 Å². The molecule has 0 radical (unpaired) electrons. The van der Waals surface area contributed by atoms with Crippen LogP contribution in [0.3, 0.4) is 0 Å². The summed E-state index contributed by atoms with van der Waals surface area (Å²) in [5.41, 5.74) is 0.574. The molecule has 0 aromatic carbocycles. The van der Waals surface area contributed by atoms with Crippen LogP contribution in [0.4, 0.5) is 5.82 Å². The van der Waals surface area contributed by atoms with Crippen molar-refractivity contribution in [3.8, 4) is 0 Å². The maximum atomic E-state index is 12.8. The number of carbonyl (C=O) groups is 1. The number of nitrogens with one attached hydrogen (secondary N) is 1. The van der Waals surface area contributed by atoms with Gasteiger partial charge in [-0.2, -0.15) is 4.31 Å².